The van der Waals surface area contributed by atoms with Crippen molar-refractivity contribution in [3.63, 3.8) is 0 Å². The summed E-state index contributed by atoms with van der Waals surface area (Å²) >= 11 is 6.29. The maximum atomic E-state index is 6.29. The van der Waals surface area contributed by atoms with Gasteiger partial charge in [0.05, 0.1) is 23.8 Å². The number of halogens is 1. The van der Waals surface area contributed by atoms with Crippen LogP contribution in [0.5, 0.6) is 0 Å². The van der Waals surface area contributed by atoms with Gasteiger partial charge in [0.2, 0.25) is 5.89 Å². The number of rotatable bonds is 3. The minimum atomic E-state index is -0.641. The highest BCUT2D eigenvalue weighted by atomic mass is 35.5. The first-order valence-electron chi connectivity index (χ1n) is 6.80. The topological polar surface area (TPSA) is 57.4 Å². The summed E-state index contributed by atoms with van der Waals surface area (Å²) < 4.78 is 16.8. The Hall–Kier alpha value is -1.43. The van der Waals surface area contributed by atoms with Crippen molar-refractivity contribution >= 4 is 11.6 Å². The molecule has 5 nitrogen and oxygen atoms in total. The Balaban J connectivity index is 2.01. The standard InChI is InChI=1S/C15H17ClN2O3/c1-9-6-11(12(16)7-10(9)2)13-17-18-14(21-13)15(19-3)4-5-20-8-15/h6-7H,4-5,8H2,1-3H3. The SMILES string of the molecule is COC1(c2nnc(-c3cc(C)c(C)cc3Cl)o2)CCOC1. The van der Waals surface area contributed by atoms with E-state index in [2.05, 4.69) is 10.2 Å². The second kappa shape index (κ2) is 5.40. The third-order valence-corrected chi connectivity index (χ3v) is 4.32. The van der Waals surface area contributed by atoms with E-state index in [1.807, 2.05) is 26.0 Å². The molecule has 1 aromatic carbocycles. The summed E-state index contributed by atoms with van der Waals surface area (Å²) in [5, 5.41) is 8.85. The number of ether oxygens (including phenoxy) is 2. The van der Waals surface area contributed by atoms with Gasteiger partial charge in [0.1, 0.15) is 0 Å². The first-order chi connectivity index (χ1) is 10.1. The fourth-order valence-electron chi connectivity index (χ4n) is 2.42. The molecule has 1 saturated heterocycles. The summed E-state index contributed by atoms with van der Waals surface area (Å²) in [7, 11) is 1.63. The number of hydrogen-bond acceptors (Lipinski definition) is 5. The molecule has 112 valence electrons. The maximum absolute atomic E-state index is 6.29. The third-order valence-electron chi connectivity index (χ3n) is 4.00. The van der Waals surface area contributed by atoms with Crippen LogP contribution in [0.1, 0.15) is 23.4 Å². The van der Waals surface area contributed by atoms with Gasteiger partial charge in [-0.1, -0.05) is 11.6 Å². The molecular formula is C15H17ClN2O3. The van der Waals surface area contributed by atoms with Crippen molar-refractivity contribution in [2.75, 3.05) is 20.3 Å². The van der Waals surface area contributed by atoms with Crippen molar-refractivity contribution in [2.45, 2.75) is 25.9 Å². The number of hydrogen-bond donors (Lipinski definition) is 0. The second-order valence-electron chi connectivity index (χ2n) is 5.33. The summed E-state index contributed by atoms with van der Waals surface area (Å²) in [6.45, 7) is 5.08. The molecule has 6 heteroatoms. The van der Waals surface area contributed by atoms with E-state index in [0.717, 1.165) is 16.7 Å². The zero-order valence-corrected chi connectivity index (χ0v) is 13.0. The predicted octanol–water partition coefficient (Wildman–Crippen LogP) is 3.27. The van der Waals surface area contributed by atoms with E-state index < -0.39 is 5.60 Å². The van der Waals surface area contributed by atoms with Crippen molar-refractivity contribution in [3.05, 3.63) is 34.2 Å². The number of nitrogens with zero attached hydrogens (tertiary/aromatic N) is 2. The Bertz CT molecular complexity index is 663. The summed E-state index contributed by atoms with van der Waals surface area (Å²) in [6, 6.07) is 3.86. The van der Waals surface area contributed by atoms with E-state index in [1.165, 1.54) is 0 Å². The smallest absolute Gasteiger partial charge is 0.251 e. The fourth-order valence-corrected chi connectivity index (χ4v) is 2.72. The van der Waals surface area contributed by atoms with Crippen molar-refractivity contribution in [3.8, 4) is 11.5 Å². The van der Waals surface area contributed by atoms with Crippen LogP contribution in [0.25, 0.3) is 11.5 Å². The molecule has 1 unspecified atom stereocenters. The van der Waals surface area contributed by atoms with Crippen LogP contribution in [0.15, 0.2) is 16.5 Å². The van der Waals surface area contributed by atoms with Gasteiger partial charge in [-0.2, -0.15) is 0 Å². The van der Waals surface area contributed by atoms with Crippen LogP contribution in [-0.2, 0) is 15.1 Å². The monoisotopic (exact) mass is 308 g/mol. The van der Waals surface area contributed by atoms with Crippen molar-refractivity contribution in [2.24, 2.45) is 0 Å². The minimum Gasteiger partial charge on any atom is -0.417 e. The number of benzene rings is 1. The second-order valence-corrected chi connectivity index (χ2v) is 5.74. The molecule has 0 amide bonds. The normalized spacial score (nSPS) is 21.9. The quantitative estimate of drug-likeness (QED) is 0.871. The van der Waals surface area contributed by atoms with Gasteiger partial charge in [0.15, 0.2) is 5.60 Å². The van der Waals surface area contributed by atoms with Crippen LogP contribution in [0.4, 0.5) is 0 Å². The molecule has 0 saturated carbocycles. The molecular weight excluding hydrogens is 292 g/mol. The summed E-state index contributed by atoms with van der Waals surface area (Å²) in [5.41, 5.74) is 2.35. The average molecular weight is 309 g/mol. The molecule has 1 aliphatic rings. The molecule has 2 aromatic rings. The lowest BCUT2D eigenvalue weighted by Crippen LogP contribution is -2.29. The average Bonchev–Trinajstić information content (AvgIpc) is 3.12. The van der Waals surface area contributed by atoms with Crippen LogP contribution in [-0.4, -0.2) is 30.5 Å². The Morgan fingerprint density at radius 2 is 2.00 bits per heavy atom. The molecule has 0 aliphatic carbocycles. The lowest BCUT2D eigenvalue weighted by Gasteiger charge is -2.20. The van der Waals surface area contributed by atoms with Gasteiger partial charge in [-0.3, -0.25) is 0 Å². The van der Waals surface area contributed by atoms with Crippen LogP contribution >= 0.6 is 11.6 Å². The summed E-state index contributed by atoms with van der Waals surface area (Å²) in [6.07, 6.45) is 0.700. The largest absolute Gasteiger partial charge is 0.417 e. The molecule has 0 radical (unpaired) electrons. The molecule has 1 fully saturated rings. The molecule has 0 spiro atoms. The van der Waals surface area contributed by atoms with E-state index in [4.69, 9.17) is 25.5 Å². The molecule has 21 heavy (non-hydrogen) atoms. The van der Waals surface area contributed by atoms with Gasteiger partial charge in [-0.25, -0.2) is 0 Å². The highest BCUT2D eigenvalue weighted by Gasteiger charge is 2.42. The Morgan fingerprint density at radius 1 is 1.24 bits per heavy atom. The van der Waals surface area contributed by atoms with Gasteiger partial charge in [0.25, 0.3) is 5.89 Å². The summed E-state index contributed by atoms with van der Waals surface area (Å²) in [5.74, 6) is 0.841. The first-order valence-corrected chi connectivity index (χ1v) is 7.17. The van der Waals surface area contributed by atoms with Crippen LogP contribution in [0.2, 0.25) is 5.02 Å². The highest BCUT2D eigenvalue weighted by molar-refractivity contribution is 6.33. The van der Waals surface area contributed by atoms with Gasteiger partial charge >= 0.3 is 0 Å². The van der Waals surface area contributed by atoms with Gasteiger partial charge in [-0.05, 0) is 37.1 Å². The minimum absolute atomic E-state index is 0.404. The lowest BCUT2D eigenvalue weighted by molar-refractivity contribution is -0.0407. The number of aryl methyl sites for hydroxylation is 2. The Morgan fingerprint density at radius 3 is 2.67 bits per heavy atom. The van der Waals surface area contributed by atoms with Crippen LogP contribution < -0.4 is 0 Å². The molecule has 0 bridgehead atoms. The van der Waals surface area contributed by atoms with Gasteiger partial charge < -0.3 is 13.9 Å². The van der Waals surface area contributed by atoms with E-state index >= 15 is 0 Å². The van der Waals surface area contributed by atoms with Gasteiger partial charge in [-0.15, -0.1) is 10.2 Å². The van der Waals surface area contributed by atoms with Crippen molar-refractivity contribution in [1.82, 2.24) is 10.2 Å². The first kappa shape index (κ1) is 14.5. The fraction of sp³-hybridized carbons (Fsp3) is 0.467. The van der Waals surface area contributed by atoms with Crippen molar-refractivity contribution < 1.29 is 13.9 Å². The van der Waals surface area contributed by atoms with E-state index in [0.29, 0.717) is 36.4 Å². The lowest BCUT2D eigenvalue weighted by atomic mass is 10.0. The molecule has 2 heterocycles. The molecule has 1 aromatic heterocycles. The number of aromatic nitrogens is 2. The van der Waals surface area contributed by atoms with E-state index in [1.54, 1.807) is 7.11 Å². The molecule has 0 N–H and O–H groups in total. The highest BCUT2D eigenvalue weighted by Crippen LogP contribution is 2.36. The molecule has 1 aliphatic heterocycles. The van der Waals surface area contributed by atoms with Crippen LogP contribution in [0, 0.1) is 13.8 Å². The maximum Gasteiger partial charge on any atom is 0.251 e. The predicted molar refractivity (Wildman–Crippen MR) is 78.3 cm³/mol. The van der Waals surface area contributed by atoms with E-state index in [9.17, 15) is 0 Å². The van der Waals surface area contributed by atoms with Crippen LogP contribution in [0.3, 0.4) is 0 Å². The zero-order chi connectivity index (χ0) is 15.0. The molecule has 3 rings (SSSR count). The third kappa shape index (κ3) is 2.46. The zero-order valence-electron chi connectivity index (χ0n) is 12.3. The van der Waals surface area contributed by atoms with Gasteiger partial charge in [0, 0.05) is 13.5 Å². The van der Waals surface area contributed by atoms with Crippen molar-refractivity contribution in [1.29, 1.82) is 0 Å². The Labute approximate surface area is 128 Å². The van der Waals surface area contributed by atoms with E-state index in [-0.39, 0.29) is 0 Å². The number of methoxy groups -OCH3 is 1. The summed E-state index contributed by atoms with van der Waals surface area (Å²) in [4.78, 5) is 0. The molecule has 1 atom stereocenters. The Kier molecular flexibility index (Phi) is 3.73.